The number of aryl methyl sites for hydroxylation is 1. The lowest BCUT2D eigenvalue weighted by atomic mass is 10.1. The Hall–Kier alpha value is -2.21. The van der Waals surface area contributed by atoms with E-state index in [-0.39, 0.29) is 17.0 Å². The maximum atomic E-state index is 12.5. The van der Waals surface area contributed by atoms with Crippen molar-refractivity contribution in [3.8, 4) is 0 Å². The van der Waals surface area contributed by atoms with Crippen LogP contribution in [0.15, 0.2) is 29.2 Å². The van der Waals surface area contributed by atoms with E-state index < -0.39 is 0 Å². The van der Waals surface area contributed by atoms with Crippen LogP contribution in [0.2, 0.25) is 0 Å². The van der Waals surface area contributed by atoms with Crippen LogP contribution in [0.4, 0.5) is 0 Å². The normalized spacial score (nSPS) is 17.8. The van der Waals surface area contributed by atoms with E-state index in [4.69, 9.17) is 4.74 Å². The number of carbonyl (C=O) groups is 1. The monoisotopic (exact) mass is 301 g/mol. The van der Waals surface area contributed by atoms with Gasteiger partial charge in [0.15, 0.2) is 0 Å². The van der Waals surface area contributed by atoms with Gasteiger partial charge in [-0.3, -0.25) is 14.0 Å². The van der Waals surface area contributed by atoms with Gasteiger partial charge in [-0.2, -0.15) is 0 Å². The number of nitrogens with one attached hydrogen (secondary N) is 1. The quantitative estimate of drug-likeness (QED) is 0.920. The molecule has 0 bridgehead atoms. The molecule has 3 heterocycles. The largest absolute Gasteiger partial charge is 0.381 e. The van der Waals surface area contributed by atoms with Crippen molar-refractivity contribution in [1.29, 1.82) is 0 Å². The van der Waals surface area contributed by atoms with Crippen LogP contribution in [0.25, 0.3) is 5.65 Å². The zero-order valence-electron chi connectivity index (χ0n) is 12.5. The summed E-state index contributed by atoms with van der Waals surface area (Å²) in [6.45, 7) is 3.92. The highest BCUT2D eigenvalue weighted by Gasteiger charge is 2.17. The fraction of sp³-hybridized carbons (Fsp3) is 0.438. The molecular formula is C16H19N3O3. The molecule has 6 heteroatoms. The standard InChI is InChI=1S/C16H19N3O3/c1-11-3-2-4-14-18-9-13(16(21)19(11)14)15(20)17-7-5-12-6-8-22-10-12/h2-4,9,12H,5-8,10H2,1H3,(H,17,20). The maximum absolute atomic E-state index is 12.5. The van der Waals surface area contributed by atoms with Gasteiger partial charge >= 0.3 is 0 Å². The van der Waals surface area contributed by atoms with Crippen molar-refractivity contribution in [1.82, 2.24) is 14.7 Å². The van der Waals surface area contributed by atoms with Gasteiger partial charge in [0.25, 0.3) is 11.5 Å². The third-order valence-electron chi connectivity index (χ3n) is 4.03. The predicted octanol–water partition coefficient (Wildman–Crippen LogP) is 1.16. The van der Waals surface area contributed by atoms with Crippen molar-refractivity contribution in [2.45, 2.75) is 19.8 Å². The van der Waals surface area contributed by atoms with Gasteiger partial charge in [0.05, 0.1) is 0 Å². The number of carbonyl (C=O) groups excluding carboxylic acids is 1. The number of amides is 1. The molecule has 1 amide bonds. The first kappa shape index (κ1) is 14.7. The molecule has 1 N–H and O–H groups in total. The predicted molar refractivity (Wildman–Crippen MR) is 82.1 cm³/mol. The minimum Gasteiger partial charge on any atom is -0.381 e. The number of nitrogens with zero attached hydrogens (tertiary/aromatic N) is 2. The smallest absolute Gasteiger partial charge is 0.270 e. The third-order valence-corrected chi connectivity index (χ3v) is 4.03. The second-order valence-electron chi connectivity index (χ2n) is 5.61. The van der Waals surface area contributed by atoms with Crippen LogP contribution in [0.1, 0.15) is 28.9 Å². The van der Waals surface area contributed by atoms with E-state index in [0.717, 1.165) is 31.7 Å². The van der Waals surface area contributed by atoms with Gasteiger partial charge < -0.3 is 10.1 Å². The molecule has 1 saturated heterocycles. The number of ether oxygens (including phenoxy) is 1. The summed E-state index contributed by atoms with van der Waals surface area (Å²) in [5.74, 6) is 0.132. The van der Waals surface area contributed by atoms with E-state index in [0.29, 0.717) is 18.1 Å². The number of aromatic nitrogens is 2. The maximum Gasteiger partial charge on any atom is 0.270 e. The van der Waals surface area contributed by atoms with Crippen LogP contribution < -0.4 is 10.9 Å². The molecule has 0 aliphatic carbocycles. The first-order valence-corrected chi connectivity index (χ1v) is 7.50. The van der Waals surface area contributed by atoms with Crippen LogP contribution >= 0.6 is 0 Å². The Morgan fingerprint density at radius 1 is 1.50 bits per heavy atom. The highest BCUT2D eigenvalue weighted by Crippen LogP contribution is 2.15. The summed E-state index contributed by atoms with van der Waals surface area (Å²) in [6, 6.07) is 5.40. The lowest BCUT2D eigenvalue weighted by molar-refractivity contribution is 0.0948. The molecule has 2 aromatic heterocycles. The summed E-state index contributed by atoms with van der Waals surface area (Å²) in [7, 11) is 0. The molecule has 0 radical (unpaired) electrons. The minimum atomic E-state index is -0.367. The second-order valence-corrected chi connectivity index (χ2v) is 5.61. The average molecular weight is 301 g/mol. The van der Waals surface area contributed by atoms with Crippen molar-refractivity contribution >= 4 is 11.6 Å². The van der Waals surface area contributed by atoms with Crippen molar-refractivity contribution in [2.75, 3.05) is 19.8 Å². The van der Waals surface area contributed by atoms with Gasteiger partial charge in [0.1, 0.15) is 11.2 Å². The zero-order chi connectivity index (χ0) is 15.5. The molecule has 1 aliphatic rings. The molecule has 0 spiro atoms. The van der Waals surface area contributed by atoms with E-state index in [9.17, 15) is 9.59 Å². The van der Waals surface area contributed by atoms with Gasteiger partial charge in [-0.15, -0.1) is 0 Å². The fourth-order valence-corrected chi connectivity index (χ4v) is 2.73. The summed E-state index contributed by atoms with van der Waals surface area (Å²) < 4.78 is 6.76. The summed E-state index contributed by atoms with van der Waals surface area (Å²) in [5, 5.41) is 2.80. The molecule has 6 nitrogen and oxygen atoms in total. The summed E-state index contributed by atoms with van der Waals surface area (Å²) in [4.78, 5) is 28.8. The molecule has 116 valence electrons. The molecule has 1 atom stereocenters. The van der Waals surface area contributed by atoms with Crippen molar-refractivity contribution in [2.24, 2.45) is 5.92 Å². The Morgan fingerprint density at radius 3 is 3.14 bits per heavy atom. The number of hydrogen-bond acceptors (Lipinski definition) is 4. The molecule has 0 saturated carbocycles. The third kappa shape index (κ3) is 2.87. The Bertz CT molecular complexity index is 748. The van der Waals surface area contributed by atoms with E-state index in [1.54, 1.807) is 6.07 Å². The van der Waals surface area contributed by atoms with Gasteiger partial charge in [-0.1, -0.05) is 6.07 Å². The van der Waals surface area contributed by atoms with Gasteiger partial charge in [-0.25, -0.2) is 4.98 Å². The molecule has 2 aromatic rings. The fourth-order valence-electron chi connectivity index (χ4n) is 2.73. The Balaban J connectivity index is 1.75. The minimum absolute atomic E-state index is 0.0782. The molecule has 1 fully saturated rings. The number of rotatable bonds is 4. The molecule has 1 aliphatic heterocycles. The lowest BCUT2D eigenvalue weighted by Crippen LogP contribution is -2.33. The molecule has 1 unspecified atom stereocenters. The molecule has 22 heavy (non-hydrogen) atoms. The second kappa shape index (κ2) is 6.27. The van der Waals surface area contributed by atoms with E-state index in [2.05, 4.69) is 10.3 Å². The summed E-state index contributed by atoms with van der Waals surface area (Å²) in [5.41, 5.74) is 1.05. The van der Waals surface area contributed by atoms with Crippen LogP contribution in [0.3, 0.4) is 0 Å². The average Bonchev–Trinajstić information content (AvgIpc) is 3.01. The SMILES string of the molecule is Cc1cccc2ncc(C(=O)NCCC3CCOC3)c(=O)n12. The Labute approximate surface area is 128 Å². The van der Waals surface area contributed by atoms with Crippen molar-refractivity contribution in [3.63, 3.8) is 0 Å². The first-order chi connectivity index (χ1) is 10.7. The van der Waals surface area contributed by atoms with Gasteiger partial charge in [0.2, 0.25) is 0 Å². The van der Waals surface area contributed by atoms with Crippen LogP contribution in [-0.2, 0) is 4.74 Å². The molecule has 0 aromatic carbocycles. The Morgan fingerprint density at radius 2 is 2.36 bits per heavy atom. The molecular weight excluding hydrogens is 282 g/mol. The van der Waals surface area contributed by atoms with E-state index in [1.165, 1.54) is 10.6 Å². The number of fused-ring (bicyclic) bond motifs is 1. The topological polar surface area (TPSA) is 72.7 Å². The van der Waals surface area contributed by atoms with Crippen molar-refractivity contribution in [3.05, 3.63) is 46.0 Å². The van der Waals surface area contributed by atoms with E-state index in [1.807, 2.05) is 19.1 Å². The highest BCUT2D eigenvalue weighted by atomic mass is 16.5. The van der Waals surface area contributed by atoms with Crippen molar-refractivity contribution < 1.29 is 9.53 Å². The number of pyridine rings is 1. The van der Waals surface area contributed by atoms with Crippen LogP contribution in [-0.4, -0.2) is 35.1 Å². The van der Waals surface area contributed by atoms with Crippen LogP contribution in [0, 0.1) is 12.8 Å². The lowest BCUT2D eigenvalue weighted by Gasteiger charge is -2.09. The highest BCUT2D eigenvalue weighted by molar-refractivity contribution is 5.93. The zero-order valence-corrected chi connectivity index (χ0v) is 12.5. The number of hydrogen-bond donors (Lipinski definition) is 1. The van der Waals surface area contributed by atoms with E-state index >= 15 is 0 Å². The summed E-state index contributed by atoms with van der Waals surface area (Å²) in [6.07, 6.45) is 3.26. The van der Waals surface area contributed by atoms with Gasteiger partial charge in [-0.05, 0) is 37.8 Å². The Kier molecular flexibility index (Phi) is 4.20. The first-order valence-electron chi connectivity index (χ1n) is 7.50. The molecule has 3 rings (SSSR count). The van der Waals surface area contributed by atoms with Crippen LogP contribution in [0.5, 0.6) is 0 Å². The summed E-state index contributed by atoms with van der Waals surface area (Å²) >= 11 is 0. The van der Waals surface area contributed by atoms with Gasteiger partial charge in [0, 0.05) is 31.6 Å².